The largest absolute Gasteiger partial charge is 0.369 e. The van der Waals surface area contributed by atoms with E-state index < -0.39 is 0 Å². The zero-order chi connectivity index (χ0) is 20.8. The Morgan fingerprint density at radius 1 is 1.03 bits per heavy atom. The van der Waals surface area contributed by atoms with Gasteiger partial charge in [-0.1, -0.05) is 60.7 Å². The van der Waals surface area contributed by atoms with Crippen LogP contribution < -0.4 is 15.8 Å². The van der Waals surface area contributed by atoms with Gasteiger partial charge in [0, 0.05) is 25.7 Å². The monoisotopic (exact) mass is 402 g/mol. The molecule has 4 rings (SSSR count). The van der Waals surface area contributed by atoms with Crippen LogP contribution in [0.2, 0.25) is 0 Å². The van der Waals surface area contributed by atoms with Crippen LogP contribution in [0.3, 0.4) is 0 Å². The number of amides is 1. The van der Waals surface area contributed by atoms with E-state index in [-0.39, 0.29) is 17.4 Å². The molecule has 0 saturated carbocycles. The highest BCUT2D eigenvalue weighted by Crippen LogP contribution is 2.22. The minimum atomic E-state index is -0.132. The predicted octanol–water partition coefficient (Wildman–Crippen LogP) is 2.82. The zero-order valence-corrected chi connectivity index (χ0v) is 16.9. The molecule has 30 heavy (non-hydrogen) atoms. The molecule has 1 N–H and O–H groups in total. The molecular formula is C24H26N4O2. The normalized spacial score (nSPS) is 16.3. The number of anilines is 1. The maximum atomic E-state index is 12.7. The molecule has 1 aromatic heterocycles. The third-order valence-corrected chi connectivity index (χ3v) is 5.50. The van der Waals surface area contributed by atoms with E-state index in [1.807, 2.05) is 60.7 Å². The number of aromatic nitrogens is 2. The summed E-state index contributed by atoms with van der Waals surface area (Å²) in [6.07, 6.45) is 3.50. The Bertz CT molecular complexity index is 1030. The van der Waals surface area contributed by atoms with Crippen molar-refractivity contribution in [2.45, 2.75) is 25.9 Å². The fraction of sp³-hybridized carbons (Fsp3) is 0.292. The number of hydrogen-bond donors (Lipinski definition) is 1. The van der Waals surface area contributed by atoms with E-state index in [0.717, 1.165) is 36.2 Å². The molecule has 0 aliphatic carbocycles. The first-order valence-electron chi connectivity index (χ1n) is 10.4. The maximum absolute atomic E-state index is 12.7. The van der Waals surface area contributed by atoms with Crippen molar-refractivity contribution >= 4 is 11.6 Å². The highest BCUT2D eigenvalue weighted by atomic mass is 16.2. The molecule has 3 aromatic rings. The fourth-order valence-electron chi connectivity index (χ4n) is 3.83. The maximum Gasteiger partial charge on any atom is 0.269 e. The summed E-state index contributed by atoms with van der Waals surface area (Å²) < 4.78 is 1.47. The van der Waals surface area contributed by atoms with Gasteiger partial charge in [0.1, 0.15) is 0 Å². The van der Waals surface area contributed by atoms with Crippen LogP contribution in [-0.4, -0.2) is 28.8 Å². The molecule has 6 heteroatoms. The smallest absolute Gasteiger partial charge is 0.269 e. The van der Waals surface area contributed by atoms with Crippen molar-refractivity contribution in [1.82, 2.24) is 15.1 Å². The Balaban J connectivity index is 1.38. The molecule has 1 aliphatic rings. The summed E-state index contributed by atoms with van der Waals surface area (Å²) in [6, 6.07) is 21.3. The lowest BCUT2D eigenvalue weighted by Gasteiger charge is -2.33. The van der Waals surface area contributed by atoms with Gasteiger partial charge in [0.05, 0.1) is 24.3 Å². The third-order valence-electron chi connectivity index (χ3n) is 5.50. The van der Waals surface area contributed by atoms with Gasteiger partial charge in [-0.15, -0.1) is 0 Å². The summed E-state index contributed by atoms with van der Waals surface area (Å²) >= 11 is 0. The van der Waals surface area contributed by atoms with Gasteiger partial charge in [-0.05, 0) is 24.0 Å². The average Bonchev–Trinajstić information content (AvgIpc) is 2.80. The summed E-state index contributed by atoms with van der Waals surface area (Å²) in [5.74, 6) is -0.0249. The second kappa shape index (κ2) is 9.39. The van der Waals surface area contributed by atoms with Crippen molar-refractivity contribution in [3.05, 3.63) is 94.4 Å². The van der Waals surface area contributed by atoms with Crippen LogP contribution in [0.4, 0.5) is 5.69 Å². The summed E-state index contributed by atoms with van der Waals surface area (Å²) in [4.78, 5) is 27.3. The Kier molecular flexibility index (Phi) is 6.23. The zero-order valence-electron chi connectivity index (χ0n) is 16.9. The minimum absolute atomic E-state index is 0.0638. The highest BCUT2D eigenvalue weighted by molar-refractivity contribution is 5.79. The minimum Gasteiger partial charge on any atom is -0.369 e. The first kappa shape index (κ1) is 19.9. The van der Waals surface area contributed by atoms with Crippen molar-refractivity contribution in [3.63, 3.8) is 0 Å². The Morgan fingerprint density at radius 2 is 1.73 bits per heavy atom. The predicted molar refractivity (Wildman–Crippen MR) is 117 cm³/mol. The molecule has 1 unspecified atom stereocenters. The lowest BCUT2D eigenvalue weighted by Crippen LogP contribution is -2.43. The van der Waals surface area contributed by atoms with Crippen LogP contribution in [0.25, 0.3) is 0 Å². The van der Waals surface area contributed by atoms with E-state index in [0.29, 0.717) is 19.6 Å². The van der Waals surface area contributed by atoms with Crippen LogP contribution in [0, 0.1) is 5.92 Å². The Morgan fingerprint density at radius 3 is 2.43 bits per heavy atom. The standard InChI is InChI=1S/C24H26N4O2/c29-23-14-22(16-26-28(23)17-20-10-5-2-6-11-20)27-13-7-12-21(18-27)24(30)25-15-19-8-3-1-4-9-19/h1-6,8-11,14,16,21H,7,12-13,15,17-18H2,(H,25,30). The third kappa shape index (κ3) is 4.95. The van der Waals surface area contributed by atoms with Crippen LogP contribution in [-0.2, 0) is 17.9 Å². The number of rotatable bonds is 6. The van der Waals surface area contributed by atoms with Crippen molar-refractivity contribution in [3.8, 4) is 0 Å². The van der Waals surface area contributed by atoms with Gasteiger partial charge in [0.25, 0.3) is 5.56 Å². The van der Waals surface area contributed by atoms with E-state index in [2.05, 4.69) is 15.3 Å². The van der Waals surface area contributed by atoms with Crippen LogP contribution >= 0.6 is 0 Å². The SMILES string of the molecule is O=C(NCc1ccccc1)C1CCCN(c2cnn(Cc3ccccc3)c(=O)c2)C1. The molecule has 1 aliphatic heterocycles. The molecule has 0 bridgehead atoms. The molecule has 1 atom stereocenters. The fourth-order valence-corrected chi connectivity index (χ4v) is 3.83. The second-order valence-electron chi connectivity index (χ2n) is 7.68. The van der Waals surface area contributed by atoms with Gasteiger partial charge in [-0.3, -0.25) is 9.59 Å². The first-order valence-corrected chi connectivity index (χ1v) is 10.4. The van der Waals surface area contributed by atoms with Gasteiger partial charge in [0.2, 0.25) is 5.91 Å². The number of carbonyl (C=O) groups excluding carboxylic acids is 1. The van der Waals surface area contributed by atoms with E-state index >= 15 is 0 Å². The lowest BCUT2D eigenvalue weighted by atomic mass is 9.96. The van der Waals surface area contributed by atoms with Gasteiger partial charge < -0.3 is 10.2 Å². The van der Waals surface area contributed by atoms with Crippen LogP contribution in [0.5, 0.6) is 0 Å². The van der Waals surface area contributed by atoms with Crippen molar-refractivity contribution in [2.24, 2.45) is 5.92 Å². The Labute approximate surface area is 176 Å². The summed E-state index contributed by atoms with van der Waals surface area (Å²) in [7, 11) is 0. The average molecular weight is 402 g/mol. The number of benzene rings is 2. The number of hydrogen-bond acceptors (Lipinski definition) is 4. The van der Waals surface area contributed by atoms with E-state index in [1.165, 1.54) is 4.68 Å². The molecule has 0 radical (unpaired) electrons. The van der Waals surface area contributed by atoms with E-state index in [4.69, 9.17) is 0 Å². The van der Waals surface area contributed by atoms with Gasteiger partial charge in [-0.25, -0.2) is 4.68 Å². The summed E-state index contributed by atoms with van der Waals surface area (Å²) in [6.45, 7) is 2.41. The number of nitrogens with one attached hydrogen (secondary N) is 1. The van der Waals surface area contributed by atoms with Crippen LogP contribution in [0.1, 0.15) is 24.0 Å². The molecule has 1 fully saturated rings. The molecule has 1 saturated heterocycles. The molecule has 1 amide bonds. The lowest BCUT2D eigenvalue weighted by molar-refractivity contribution is -0.125. The van der Waals surface area contributed by atoms with Crippen molar-refractivity contribution < 1.29 is 4.79 Å². The van der Waals surface area contributed by atoms with Crippen molar-refractivity contribution in [1.29, 1.82) is 0 Å². The first-order chi connectivity index (χ1) is 14.7. The Hall–Kier alpha value is -3.41. The number of piperidine rings is 1. The molecule has 2 heterocycles. The van der Waals surface area contributed by atoms with Crippen molar-refractivity contribution in [2.75, 3.05) is 18.0 Å². The molecular weight excluding hydrogens is 376 g/mol. The molecule has 154 valence electrons. The molecule has 2 aromatic carbocycles. The van der Waals surface area contributed by atoms with Crippen LogP contribution in [0.15, 0.2) is 77.7 Å². The number of carbonyl (C=O) groups is 1. The van der Waals surface area contributed by atoms with Gasteiger partial charge in [0.15, 0.2) is 0 Å². The number of nitrogens with zero attached hydrogens (tertiary/aromatic N) is 3. The van der Waals surface area contributed by atoms with E-state index in [1.54, 1.807) is 12.3 Å². The second-order valence-corrected chi connectivity index (χ2v) is 7.68. The summed E-state index contributed by atoms with van der Waals surface area (Å²) in [5.41, 5.74) is 2.77. The van der Waals surface area contributed by atoms with E-state index in [9.17, 15) is 9.59 Å². The van der Waals surface area contributed by atoms with Gasteiger partial charge in [-0.2, -0.15) is 5.10 Å². The highest BCUT2D eigenvalue weighted by Gasteiger charge is 2.26. The summed E-state index contributed by atoms with van der Waals surface area (Å²) in [5, 5.41) is 7.40. The molecule has 0 spiro atoms. The molecule has 6 nitrogen and oxygen atoms in total. The topological polar surface area (TPSA) is 67.2 Å². The quantitative estimate of drug-likeness (QED) is 0.689. The van der Waals surface area contributed by atoms with Gasteiger partial charge >= 0.3 is 0 Å².